The maximum Gasteiger partial charge on any atom is 0.266 e. The highest BCUT2D eigenvalue weighted by Gasteiger charge is 2.29. The van der Waals surface area contributed by atoms with Gasteiger partial charge in [0.2, 0.25) is 5.91 Å². The van der Waals surface area contributed by atoms with Gasteiger partial charge in [-0.3, -0.25) is 9.59 Å². The molecule has 1 atom stereocenters. The van der Waals surface area contributed by atoms with Crippen molar-refractivity contribution in [3.63, 3.8) is 0 Å². The third-order valence-electron chi connectivity index (χ3n) is 3.57. The van der Waals surface area contributed by atoms with Crippen molar-refractivity contribution in [3.8, 4) is 5.75 Å². The Morgan fingerprint density at radius 3 is 2.79 bits per heavy atom. The lowest BCUT2D eigenvalue weighted by atomic mass is 10.1. The van der Waals surface area contributed by atoms with Crippen LogP contribution in [0.5, 0.6) is 5.75 Å². The number of rotatable bonds is 4. The lowest BCUT2D eigenvalue weighted by Gasteiger charge is -2.25. The lowest BCUT2D eigenvalue weighted by Crippen LogP contribution is -2.40. The van der Waals surface area contributed by atoms with E-state index < -0.39 is 6.10 Å². The monoisotopic (exact) mass is 364 g/mol. The van der Waals surface area contributed by atoms with E-state index >= 15 is 0 Å². The first-order valence-corrected chi connectivity index (χ1v) is 8.05. The van der Waals surface area contributed by atoms with Crippen LogP contribution in [0.2, 0.25) is 10.0 Å². The van der Waals surface area contributed by atoms with Crippen LogP contribution in [0.3, 0.4) is 0 Å². The van der Waals surface area contributed by atoms with Crippen LogP contribution in [0, 0.1) is 0 Å². The summed E-state index contributed by atoms with van der Waals surface area (Å²) in [5.41, 5.74) is 1.35. The molecule has 1 aliphatic heterocycles. The molecule has 5 nitrogen and oxygen atoms in total. The largest absolute Gasteiger partial charge is 0.478 e. The van der Waals surface area contributed by atoms with Crippen LogP contribution in [0.15, 0.2) is 42.5 Å². The van der Waals surface area contributed by atoms with E-state index in [1.807, 2.05) is 0 Å². The summed E-state index contributed by atoms with van der Waals surface area (Å²) in [7, 11) is 0. The third kappa shape index (κ3) is 3.80. The third-order valence-corrected chi connectivity index (χ3v) is 4.16. The number of hydrogen-bond donors (Lipinski definition) is 2. The van der Waals surface area contributed by atoms with E-state index in [2.05, 4.69) is 10.6 Å². The van der Waals surface area contributed by atoms with E-state index in [9.17, 15) is 9.59 Å². The number of benzene rings is 2. The van der Waals surface area contributed by atoms with Crippen molar-refractivity contribution in [1.82, 2.24) is 5.32 Å². The van der Waals surface area contributed by atoms with Crippen LogP contribution < -0.4 is 15.4 Å². The zero-order chi connectivity index (χ0) is 17.1. The Bertz CT molecular complexity index is 795. The number of carbonyl (C=O) groups is 2. The van der Waals surface area contributed by atoms with Crippen molar-refractivity contribution in [2.45, 2.75) is 19.1 Å². The van der Waals surface area contributed by atoms with Crippen LogP contribution in [-0.2, 0) is 16.1 Å². The molecule has 0 radical (unpaired) electrons. The van der Waals surface area contributed by atoms with E-state index in [-0.39, 0.29) is 24.8 Å². The fourth-order valence-corrected chi connectivity index (χ4v) is 2.80. The molecule has 1 aliphatic rings. The summed E-state index contributed by atoms with van der Waals surface area (Å²) in [5, 5.41) is 6.45. The number of amides is 2. The number of carbonyl (C=O) groups excluding carboxylic acids is 2. The van der Waals surface area contributed by atoms with E-state index in [1.54, 1.807) is 42.5 Å². The first-order valence-electron chi connectivity index (χ1n) is 7.30. The predicted molar refractivity (Wildman–Crippen MR) is 92.4 cm³/mol. The van der Waals surface area contributed by atoms with Gasteiger partial charge in [-0.25, -0.2) is 0 Å². The Labute approximate surface area is 148 Å². The van der Waals surface area contributed by atoms with Gasteiger partial charge in [0, 0.05) is 16.6 Å². The maximum absolute atomic E-state index is 12.1. The van der Waals surface area contributed by atoms with E-state index in [1.165, 1.54) is 0 Å². The van der Waals surface area contributed by atoms with Crippen molar-refractivity contribution in [2.75, 3.05) is 5.32 Å². The molecule has 0 fully saturated rings. The topological polar surface area (TPSA) is 67.4 Å². The van der Waals surface area contributed by atoms with Gasteiger partial charge in [-0.15, -0.1) is 0 Å². The molecular weight excluding hydrogens is 351 g/mol. The molecule has 3 rings (SSSR count). The summed E-state index contributed by atoms with van der Waals surface area (Å²) in [6.07, 6.45) is -0.939. The average molecular weight is 365 g/mol. The number of halogens is 2. The number of ether oxygens (including phenoxy) is 1. The fraction of sp³-hybridized carbons (Fsp3) is 0.176. The van der Waals surface area contributed by atoms with Crippen LogP contribution in [0.4, 0.5) is 5.69 Å². The molecule has 124 valence electrons. The first-order chi connectivity index (χ1) is 11.5. The van der Waals surface area contributed by atoms with Gasteiger partial charge in [0.1, 0.15) is 5.75 Å². The van der Waals surface area contributed by atoms with Gasteiger partial charge in [0.05, 0.1) is 12.1 Å². The molecule has 0 aliphatic carbocycles. The van der Waals surface area contributed by atoms with Crippen molar-refractivity contribution in [3.05, 3.63) is 58.1 Å². The van der Waals surface area contributed by atoms with Crippen molar-refractivity contribution < 1.29 is 14.3 Å². The second-order valence-corrected chi connectivity index (χ2v) is 6.15. The number of para-hydroxylation sites is 2. The number of fused-ring (bicyclic) bond motifs is 1. The Hall–Kier alpha value is -2.24. The molecule has 0 bridgehead atoms. The minimum absolute atomic E-state index is 0.0780. The predicted octanol–water partition coefficient (Wildman–Crippen LogP) is 3.40. The highest BCUT2D eigenvalue weighted by atomic mass is 35.5. The smallest absolute Gasteiger partial charge is 0.266 e. The summed E-state index contributed by atoms with van der Waals surface area (Å²) >= 11 is 11.9. The molecular formula is C17H14Cl2N2O3. The minimum Gasteiger partial charge on any atom is -0.478 e. The van der Waals surface area contributed by atoms with Gasteiger partial charge in [0.25, 0.3) is 5.91 Å². The normalized spacial score (nSPS) is 15.9. The molecule has 0 unspecified atom stereocenters. The van der Waals surface area contributed by atoms with Gasteiger partial charge in [-0.2, -0.15) is 0 Å². The summed E-state index contributed by atoms with van der Waals surface area (Å²) in [4.78, 5) is 24.1. The van der Waals surface area contributed by atoms with Crippen molar-refractivity contribution in [2.24, 2.45) is 0 Å². The Morgan fingerprint density at radius 2 is 2.00 bits per heavy atom. The quantitative estimate of drug-likeness (QED) is 0.873. The van der Waals surface area contributed by atoms with Crippen LogP contribution in [0.25, 0.3) is 0 Å². The number of hydrogen-bond acceptors (Lipinski definition) is 3. The molecule has 0 saturated heterocycles. The zero-order valence-corrected chi connectivity index (χ0v) is 14.0. The maximum atomic E-state index is 12.1. The molecule has 0 saturated carbocycles. The SMILES string of the molecule is O=C(C[C@@H]1Oc2ccccc2NC1=O)NCc1ccc(Cl)cc1Cl. The van der Waals surface area contributed by atoms with Crippen LogP contribution in [-0.4, -0.2) is 17.9 Å². The van der Waals surface area contributed by atoms with Gasteiger partial charge in [0.15, 0.2) is 6.10 Å². The zero-order valence-electron chi connectivity index (χ0n) is 12.5. The summed E-state index contributed by atoms with van der Waals surface area (Å²) in [6, 6.07) is 12.1. The Kier molecular flexibility index (Phi) is 4.92. The molecule has 2 amide bonds. The Balaban J connectivity index is 1.58. The molecule has 0 spiro atoms. The summed E-state index contributed by atoms with van der Waals surface area (Å²) < 4.78 is 5.59. The molecule has 2 aromatic rings. The van der Waals surface area contributed by atoms with Gasteiger partial charge in [-0.1, -0.05) is 41.4 Å². The highest BCUT2D eigenvalue weighted by molar-refractivity contribution is 6.35. The lowest BCUT2D eigenvalue weighted by molar-refractivity contribution is -0.130. The van der Waals surface area contributed by atoms with Gasteiger partial charge >= 0.3 is 0 Å². The molecule has 2 N–H and O–H groups in total. The van der Waals surface area contributed by atoms with Gasteiger partial charge < -0.3 is 15.4 Å². The number of nitrogens with one attached hydrogen (secondary N) is 2. The van der Waals surface area contributed by atoms with E-state index in [0.29, 0.717) is 21.5 Å². The molecule has 0 aromatic heterocycles. The summed E-state index contributed by atoms with van der Waals surface area (Å²) in [5.74, 6) is -0.0930. The van der Waals surface area contributed by atoms with E-state index in [0.717, 1.165) is 5.56 Å². The van der Waals surface area contributed by atoms with Gasteiger partial charge in [-0.05, 0) is 29.8 Å². The summed E-state index contributed by atoms with van der Waals surface area (Å²) in [6.45, 7) is 0.250. The van der Waals surface area contributed by atoms with Crippen molar-refractivity contribution >= 4 is 40.7 Å². The second kappa shape index (κ2) is 7.11. The standard InChI is InChI=1S/C17H14Cl2N2O3/c18-11-6-5-10(12(19)7-11)9-20-16(22)8-15-17(23)21-13-3-1-2-4-14(13)24-15/h1-7,15H,8-9H2,(H,20,22)(H,21,23)/t15-/m0/s1. The first kappa shape index (κ1) is 16.6. The fourth-order valence-electron chi connectivity index (χ4n) is 2.33. The molecule has 2 aromatic carbocycles. The molecule has 1 heterocycles. The van der Waals surface area contributed by atoms with Crippen LogP contribution in [0.1, 0.15) is 12.0 Å². The van der Waals surface area contributed by atoms with E-state index in [4.69, 9.17) is 27.9 Å². The highest BCUT2D eigenvalue weighted by Crippen LogP contribution is 2.29. The van der Waals surface area contributed by atoms with Crippen LogP contribution >= 0.6 is 23.2 Å². The minimum atomic E-state index is -0.861. The van der Waals surface area contributed by atoms with Crippen molar-refractivity contribution in [1.29, 1.82) is 0 Å². The number of anilines is 1. The molecule has 24 heavy (non-hydrogen) atoms. The Morgan fingerprint density at radius 1 is 1.21 bits per heavy atom. The second-order valence-electron chi connectivity index (χ2n) is 5.31. The molecule has 7 heteroatoms. The average Bonchev–Trinajstić information content (AvgIpc) is 2.55.